The Morgan fingerprint density at radius 3 is 2.64 bits per heavy atom. The van der Waals surface area contributed by atoms with Gasteiger partial charge in [0.05, 0.1) is 24.8 Å². The van der Waals surface area contributed by atoms with Crippen LogP contribution in [0.4, 0.5) is 13.2 Å². The van der Waals surface area contributed by atoms with E-state index in [1.54, 1.807) is 0 Å². The van der Waals surface area contributed by atoms with Crippen molar-refractivity contribution in [2.45, 2.75) is 12.3 Å². The molecule has 0 fully saturated rings. The van der Waals surface area contributed by atoms with Crippen molar-refractivity contribution >= 4 is 11.6 Å². The van der Waals surface area contributed by atoms with Gasteiger partial charge in [0, 0.05) is 5.56 Å². The first-order chi connectivity index (χ1) is 6.61. The Bertz CT molecular complexity index is 333. The predicted octanol–water partition coefficient (Wildman–Crippen LogP) is 2.91. The van der Waals surface area contributed by atoms with Crippen LogP contribution in [0.2, 0.25) is 0 Å². The van der Waals surface area contributed by atoms with Gasteiger partial charge in [0.1, 0.15) is 5.75 Å². The van der Waals surface area contributed by atoms with E-state index in [2.05, 4.69) is 9.72 Å². The number of hydrogen-bond acceptors (Lipinski definition) is 2. The molecule has 1 aromatic heterocycles. The first-order valence-corrected chi connectivity index (χ1v) is 4.20. The van der Waals surface area contributed by atoms with Crippen molar-refractivity contribution in [2.75, 3.05) is 7.11 Å². The Morgan fingerprint density at radius 1 is 1.57 bits per heavy atom. The smallest absolute Gasteiger partial charge is 0.267 e. The third kappa shape index (κ3) is 1.92. The normalized spacial score (nSPS) is 10.7. The van der Waals surface area contributed by atoms with Crippen molar-refractivity contribution in [1.82, 2.24) is 4.98 Å². The van der Waals surface area contributed by atoms with Gasteiger partial charge in [-0.3, -0.25) is 0 Å². The summed E-state index contributed by atoms with van der Waals surface area (Å²) in [6, 6.07) is 0. The zero-order valence-electron chi connectivity index (χ0n) is 7.23. The van der Waals surface area contributed by atoms with Gasteiger partial charge in [0.2, 0.25) is 5.95 Å². The SMILES string of the molecule is COc1cnc(F)c(CCl)c1C(F)F. The highest BCUT2D eigenvalue weighted by Gasteiger charge is 2.22. The van der Waals surface area contributed by atoms with Crippen molar-refractivity contribution in [1.29, 1.82) is 0 Å². The van der Waals surface area contributed by atoms with Crippen molar-refractivity contribution in [3.63, 3.8) is 0 Å². The lowest BCUT2D eigenvalue weighted by atomic mass is 10.1. The maximum absolute atomic E-state index is 12.9. The Kier molecular flexibility index (Phi) is 3.57. The second kappa shape index (κ2) is 4.50. The van der Waals surface area contributed by atoms with E-state index in [0.29, 0.717) is 0 Å². The van der Waals surface area contributed by atoms with E-state index in [1.807, 2.05) is 0 Å². The largest absolute Gasteiger partial charge is 0.495 e. The van der Waals surface area contributed by atoms with Crippen molar-refractivity contribution in [2.24, 2.45) is 0 Å². The van der Waals surface area contributed by atoms with Crippen LogP contribution in [0, 0.1) is 5.95 Å². The highest BCUT2D eigenvalue weighted by atomic mass is 35.5. The molecule has 0 aromatic carbocycles. The fraction of sp³-hybridized carbons (Fsp3) is 0.375. The van der Waals surface area contributed by atoms with Gasteiger partial charge in [-0.05, 0) is 0 Å². The molecule has 78 valence electrons. The number of ether oxygens (including phenoxy) is 1. The monoisotopic (exact) mass is 225 g/mol. The number of nitrogens with zero attached hydrogens (tertiary/aromatic N) is 1. The fourth-order valence-electron chi connectivity index (χ4n) is 1.05. The van der Waals surface area contributed by atoms with Gasteiger partial charge in [-0.1, -0.05) is 0 Å². The van der Waals surface area contributed by atoms with Crippen LogP contribution >= 0.6 is 11.6 Å². The molecule has 0 aliphatic heterocycles. The fourth-order valence-corrected chi connectivity index (χ4v) is 1.31. The van der Waals surface area contributed by atoms with Crippen LogP contribution in [-0.2, 0) is 5.88 Å². The summed E-state index contributed by atoms with van der Waals surface area (Å²) in [6.07, 6.45) is -1.93. The summed E-state index contributed by atoms with van der Waals surface area (Å²) in [7, 11) is 1.21. The highest BCUT2D eigenvalue weighted by Crippen LogP contribution is 2.33. The third-order valence-electron chi connectivity index (χ3n) is 1.71. The average Bonchev–Trinajstić information content (AvgIpc) is 2.17. The maximum atomic E-state index is 12.9. The molecule has 14 heavy (non-hydrogen) atoms. The topological polar surface area (TPSA) is 22.1 Å². The molecule has 0 radical (unpaired) electrons. The van der Waals surface area contributed by atoms with Crippen LogP contribution in [0.15, 0.2) is 6.20 Å². The summed E-state index contributed by atoms with van der Waals surface area (Å²) in [5.74, 6) is -1.51. The van der Waals surface area contributed by atoms with E-state index < -0.39 is 17.9 Å². The molecule has 0 unspecified atom stereocenters. The van der Waals surface area contributed by atoms with Gasteiger partial charge in [-0.2, -0.15) is 4.39 Å². The zero-order valence-corrected chi connectivity index (χ0v) is 7.99. The van der Waals surface area contributed by atoms with E-state index in [4.69, 9.17) is 11.6 Å². The lowest BCUT2D eigenvalue weighted by molar-refractivity contribution is 0.145. The van der Waals surface area contributed by atoms with Gasteiger partial charge in [-0.15, -0.1) is 11.6 Å². The number of hydrogen-bond donors (Lipinski definition) is 0. The lowest BCUT2D eigenvalue weighted by Gasteiger charge is -2.11. The van der Waals surface area contributed by atoms with Crippen LogP contribution in [0.3, 0.4) is 0 Å². The standard InChI is InChI=1S/C8H7ClF3NO/c1-14-5-3-13-8(12)4(2-9)6(5)7(10)11/h3,7H,2H2,1H3. The van der Waals surface area contributed by atoms with Crippen molar-refractivity contribution in [3.8, 4) is 5.75 Å². The van der Waals surface area contributed by atoms with Crippen LogP contribution in [0.5, 0.6) is 5.75 Å². The maximum Gasteiger partial charge on any atom is 0.267 e. The van der Waals surface area contributed by atoms with Crippen molar-refractivity contribution < 1.29 is 17.9 Å². The lowest BCUT2D eigenvalue weighted by Crippen LogP contribution is -2.02. The predicted molar refractivity (Wildman–Crippen MR) is 45.3 cm³/mol. The first kappa shape index (κ1) is 11.1. The van der Waals surface area contributed by atoms with Crippen LogP contribution in [-0.4, -0.2) is 12.1 Å². The second-order valence-electron chi connectivity index (χ2n) is 2.44. The molecular formula is C8H7ClF3NO. The summed E-state index contributed by atoms with van der Waals surface area (Å²) in [4.78, 5) is 3.25. The molecule has 1 aromatic rings. The van der Waals surface area contributed by atoms with E-state index in [-0.39, 0.29) is 17.2 Å². The summed E-state index contributed by atoms with van der Waals surface area (Å²) in [6.45, 7) is 0. The number of rotatable bonds is 3. The molecule has 0 amide bonds. The molecule has 2 nitrogen and oxygen atoms in total. The molecule has 1 rings (SSSR count). The van der Waals surface area contributed by atoms with Crippen LogP contribution in [0.25, 0.3) is 0 Å². The van der Waals surface area contributed by atoms with Crippen LogP contribution < -0.4 is 4.74 Å². The highest BCUT2D eigenvalue weighted by molar-refractivity contribution is 6.17. The molecule has 0 saturated heterocycles. The molecule has 0 spiro atoms. The third-order valence-corrected chi connectivity index (χ3v) is 1.97. The van der Waals surface area contributed by atoms with E-state index >= 15 is 0 Å². The zero-order chi connectivity index (χ0) is 10.7. The number of alkyl halides is 3. The van der Waals surface area contributed by atoms with Gasteiger partial charge in [0.15, 0.2) is 0 Å². The summed E-state index contributed by atoms with van der Waals surface area (Å²) in [5, 5.41) is 0. The van der Waals surface area contributed by atoms with E-state index in [0.717, 1.165) is 6.20 Å². The summed E-state index contributed by atoms with van der Waals surface area (Å²) >= 11 is 5.34. The Hall–Kier alpha value is -0.970. The molecule has 0 bridgehead atoms. The number of methoxy groups -OCH3 is 1. The summed E-state index contributed by atoms with van der Waals surface area (Å²) < 4.78 is 42.6. The van der Waals surface area contributed by atoms with Gasteiger partial charge < -0.3 is 4.74 Å². The molecule has 0 N–H and O–H groups in total. The minimum Gasteiger partial charge on any atom is -0.495 e. The average molecular weight is 226 g/mol. The molecule has 0 saturated carbocycles. The van der Waals surface area contributed by atoms with Gasteiger partial charge >= 0.3 is 0 Å². The molecule has 0 atom stereocenters. The molecule has 6 heteroatoms. The minimum atomic E-state index is -2.84. The first-order valence-electron chi connectivity index (χ1n) is 3.67. The quantitative estimate of drug-likeness (QED) is 0.583. The van der Waals surface area contributed by atoms with E-state index in [1.165, 1.54) is 7.11 Å². The minimum absolute atomic E-state index is 0.156. The number of halogens is 4. The Balaban J connectivity index is 3.36. The van der Waals surface area contributed by atoms with E-state index in [9.17, 15) is 13.2 Å². The molecule has 0 aliphatic carbocycles. The van der Waals surface area contributed by atoms with Gasteiger partial charge in [0.25, 0.3) is 6.43 Å². The molecule has 1 heterocycles. The second-order valence-corrected chi connectivity index (χ2v) is 2.71. The Morgan fingerprint density at radius 2 is 2.21 bits per heavy atom. The molecule has 0 aliphatic rings. The Labute approximate surface area is 83.7 Å². The number of pyridine rings is 1. The van der Waals surface area contributed by atoms with Crippen molar-refractivity contribution in [3.05, 3.63) is 23.3 Å². The number of aromatic nitrogens is 1. The van der Waals surface area contributed by atoms with Crippen LogP contribution in [0.1, 0.15) is 17.6 Å². The van der Waals surface area contributed by atoms with Gasteiger partial charge in [-0.25, -0.2) is 13.8 Å². The summed E-state index contributed by atoms with van der Waals surface area (Å²) in [5.41, 5.74) is -0.851. The molecular weight excluding hydrogens is 219 g/mol.